The summed E-state index contributed by atoms with van der Waals surface area (Å²) in [7, 11) is 0.778. The molecule has 0 aliphatic rings. The Kier molecular flexibility index (Phi) is 4.61. The molecule has 0 atom stereocenters. The first-order valence-corrected chi connectivity index (χ1v) is 8.20. The molecule has 64 valence electrons. The van der Waals surface area contributed by atoms with Gasteiger partial charge in [0.2, 0.25) is 0 Å². The standard InChI is InChI=1S/C8H6S2.ClH3Si/c1-3-7(9-5-1)8-4-2-6-10-8;1-2/h1-6H;2H3. The third-order valence-corrected chi connectivity index (χ3v) is 3.22. The van der Waals surface area contributed by atoms with Gasteiger partial charge in [0.15, 0.2) is 0 Å². The van der Waals surface area contributed by atoms with E-state index in [1.807, 2.05) is 0 Å². The van der Waals surface area contributed by atoms with Gasteiger partial charge in [-0.2, -0.15) is 11.1 Å². The molecule has 0 spiro atoms. The highest BCUT2D eigenvalue weighted by atomic mass is 35.6. The molecule has 0 saturated heterocycles. The SMILES string of the molecule is [SiH3]Cl.c1csc(-c2cccs2)c1. The summed E-state index contributed by atoms with van der Waals surface area (Å²) in [6.45, 7) is 0. The lowest BCUT2D eigenvalue weighted by atomic mass is 10.4. The van der Waals surface area contributed by atoms with Gasteiger partial charge in [0.25, 0.3) is 0 Å². The van der Waals surface area contributed by atoms with Crippen LogP contribution in [0.4, 0.5) is 0 Å². The number of hydrogen-bond donors (Lipinski definition) is 0. The van der Waals surface area contributed by atoms with E-state index in [0.717, 1.165) is 9.55 Å². The molecule has 2 aromatic heterocycles. The first-order chi connectivity index (χ1) is 5.97. The van der Waals surface area contributed by atoms with Crippen LogP contribution in [0, 0.1) is 0 Å². The summed E-state index contributed by atoms with van der Waals surface area (Å²) in [5.41, 5.74) is 0. The monoisotopic (exact) mass is 232 g/mol. The van der Waals surface area contributed by atoms with Crippen molar-refractivity contribution in [2.24, 2.45) is 0 Å². The van der Waals surface area contributed by atoms with Gasteiger partial charge in [-0.3, -0.25) is 0 Å². The van der Waals surface area contributed by atoms with Gasteiger partial charge in [-0.25, -0.2) is 0 Å². The van der Waals surface area contributed by atoms with E-state index in [2.05, 4.69) is 35.0 Å². The van der Waals surface area contributed by atoms with E-state index < -0.39 is 0 Å². The Balaban J connectivity index is 0.000000336. The van der Waals surface area contributed by atoms with Gasteiger partial charge in [0, 0.05) is 9.75 Å². The first kappa shape index (κ1) is 9.99. The van der Waals surface area contributed by atoms with Gasteiger partial charge in [0.1, 0.15) is 9.55 Å². The summed E-state index contributed by atoms with van der Waals surface area (Å²) in [6.07, 6.45) is 0. The molecule has 2 heterocycles. The van der Waals surface area contributed by atoms with Crippen LogP contribution in [-0.4, -0.2) is 9.55 Å². The fourth-order valence-electron chi connectivity index (χ4n) is 0.838. The van der Waals surface area contributed by atoms with Crippen LogP contribution in [0.3, 0.4) is 0 Å². The van der Waals surface area contributed by atoms with Crippen molar-refractivity contribution in [1.82, 2.24) is 0 Å². The minimum Gasteiger partial charge on any atom is -0.181 e. The highest BCUT2D eigenvalue weighted by molar-refractivity contribution is 7.20. The molecule has 4 heteroatoms. The van der Waals surface area contributed by atoms with Gasteiger partial charge in [-0.05, 0) is 22.9 Å². The summed E-state index contributed by atoms with van der Waals surface area (Å²) in [5.74, 6) is 0. The number of thiophene rings is 2. The molecule has 0 N–H and O–H groups in total. The Bertz CT molecular complexity index is 256. The fourth-order valence-corrected chi connectivity index (χ4v) is 2.42. The molecule has 0 aromatic carbocycles. The molecule has 0 fully saturated rings. The summed E-state index contributed by atoms with van der Waals surface area (Å²) >= 11 is 8.36. The maximum atomic E-state index is 4.78. The van der Waals surface area contributed by atoms with Crippen molar-refractivity contribution in [2.75, 3.05) is 0 Å². The molecular weight excluding hydrogens is 224 g/mol. The first-order valence-electron chi connectivity index (χ1n) is 3.42. The lowest BCUT2D eigenvalue weighted by Gasteiger charge is -1.84. The number of rotatable bonds is 1. The van der Waals surface area contributed by atoms with E-state index in [-0.39, 0.29) is 0 Å². The zero-order chi connectivity index (χ0) is 8.81. The van der Waals surface area contributed by atoms with E-state index in [1.165, 1.54) is 9.75 Å². The summed E-state index contributed by atoms with van der Waals surface area (Å²) < 4.78 is 0. The van der Waals surface area contributed by atoms with Crippen LogP contribution in [0.1, 0.15) is 0 Å². The Morgan fingerprint density at radius 1 is 0.917 bits per heavy atom. The smallest absolute Gasteiger partial charge is 0.109 e. The van der Waals surface area contributed by atoms with Crippen LogP contribution in [0.2, 0.25) is 0 Å². The molecule has 0 nitrogen and oxygen atoms in total. The predicted molar refractivity (Wildman–Crippen MR) is 63.4 cm³/mol. The second-order valence-electron chi connectivity index (χ2n) is 1.95. The van der Waals surface area contributed by atoms with E-state index in [1.54, 1.807) is 22.7 Å². The molecular formula is C8H9ClS2Si. The summed E-state index contributed by atoms with van der Waals surface area (Å²) in [4.78, 5) is 2.74. The zero-order valence-electron chi connectivity index (χ0n) is 6.66. The Hall–Kier alpha value is -0.0931. The summed E-state index contributed by atoms with van der Waals surface area (Å²) in [6, 6.07) is 8.46. The third-order valence-electron chi connectivity index (χ3n) is 1.29. The Labute approximate surface area is 88.0 Å². The van der Waals surface area contributed by atoms with Gasteiger partial charge < -0.3 is 0 Å². The second kappa shape index (κ2) is 5.53. The van der Waals surface area contributed by atoms with Gasteiger partial charge in [-0.1, -0.05) is 12.1 Å². The molecule has 0 amide bonds. The van der Waals surface area contributed by atoms with E-state index in [4.69, 9.17) is 11.1 Å². The predicted octanol–water partition coefficient (Wildman–Crippen LogP) is 2.98. The topological polar surface area (TPSA) is 0 Å². The summed E-state index contributed by atoms with van der Waals surface area (Å²) in [5, 5.41) is 4.21. The van der Waals surface area contributed by atoms with Crippen molar-refractivity contribution in [3.05, 3.63) is 35.0 Å². The second-order valence-corrected chi connectivity index (χ2v) is 3.85. The lowest BCUT2D eigenvalue weighted by molar-refractivity contribution is 1.93. The van der Waals surface area contributed by atoms with Crippen LogP contribution in [0.15, 0.2) is 35.0 Å². The van der Waals surface area contributed by atoms with Crippen molar-refractivity contribution in [1.29, 1.82) is 0 Å². The van der Waals surface area contributed by atoms with E-state index in [0.29, 0.717) is 0 Å². The maximum Gasteiger partial charge on any atom is 0.109 e. The van der Waals surface area contributed by atoms with Crippen molar-refractivity contribution in [3.8, 4) is 9.75 Å². The van der Waals surface area contributed by atoms with Crippen molar-refractivity contribution in [3.63, 3.8) is 0 Å². The normalized spacial score (nSPS) is 9.08. The zero-order valence-corrected chi connectivity index (χ0v) is 11.0. The molecule has 0 saturated carbocycles. The Morgan fingerprint density at radius 3 is 1.58 bits per heavy atom. The van der Waals surface area contributed by atoms with Crippen LogP contribution in [0.25, 0.3) is 9.75 Å². The Morgan fingerprint density at radius 2 is 1.33 bits per heavy atom. The quantitative estimate of drug-likeness (QED) is 0.524. The van der Waals surface area contributed by atoms with Gasteiger partial charge in [-0.15, -0.1) is 22.7 Å². The van der Waals surface area contributed by atoms with Gasteiger partial charge >= 0.3 is 0 Å². The molecule has 2 rings (SSSR count). The molecule has 0 aliphatic heterocycles. The molecule has 0 bridgehead atoms. The molecule has 2 aromatic rings. The maximum absolute atomic E-state index is 4.78. The van der Waals surface area contributed by atoms with Crippen LogP contribution >= 0.6 is 33.8 Å². The molecule has 0 aliphatic carbocycles. The minimum absolute atomic E-state index is 0.778. The van der Waals surface area contributed by atoms with Crippen molar-refractivity contribution >= 4 is 43.3 Å². The van der Waals surface area contributed by atoms with Crippen molar-refractivity contribution < 1.29 is 0 Å². The average Bonchev–Trinajstić information content (AvgIpc) is 2.80. The third kappa shape index (κ3) is 2.45. The molecule has 0 radical (unpaired) electrons. The number of halogens is 1. The highest BCUT2D eigenvalue weighted by Gasteiger charge is 1.96. The minimum atomic E-state index is 0.778. The van der Waals surface area contributed by atoms with E-state index in [9.17, 15) is 0 Å². The van der Waals surface area contributed by atoms with Crippen LogP contribution < -0.4 is 0 Å². The molecule has 12 heavy (non-hydrogen) atoms. The molecule has 0 unspecified atom stereocenters. The van der Waals surface area contributed by atoms with Crippen molar-refractivity contribution in [2.45, 2.75) is 0 Å². The fraction of sp³-hybridized carbons (Fsp3) is 0. The number of hydrogen-bond acceptors (Lipinski definition) is 2. The highest BCUT2D eigenvalue weighted by Crippen LogP contribution is 2.28. The van der Waals surface area contributed by atoms with E-state index >= 15 is 0 Å². The van der Waals surface area contributed by atoms with Crippen LogP contribution in [0.5, 0.6) is 0 Å². The largest absolute Gasteiger partial charge is 0.181 e. The lowest BCUT2D eigenvalue weighted by Crippen LogP contribution is -1.55. The average molecular weight is 233 g/mol. The van der Waals surface area contributed by atoms with Gasteiger partial charge in [0.05, 0.1) is 0 Å². The van der Waals surface area contributed by atoms with Crippen LogP contribution in [-0.2, 0) is 0 Å².